The minimum Gasteiger partial charge on any atom is -0.491 e. The Labute approximate surface area is 186 Å². The molecule has 1 aliphatic heterocycles. The number of aryl methyl sites for hydroxylation is 3. The molecule has 1 aliphatic rings. The molecule has 0 atom stereocenters. The summed E-state index contributed by atoms with van der Waals surface area (Å²) in [5.41, 5.74) is 5.16. The second-order valence-corrected chi connectivity index (χ2v) is 8.59. The predicted octanol–water partition coefficient (Wildman–Crippen LogP) is 2.48. The fourth-order valence-electron chi connectivity index (χ4n) is 4.25. The molecule has 0 spiro atoms. The van der Waals surface area contributed by atoms with Gasteiger partial charge in [0.15, 0.2) is 0 Å². The number of rotatable bonds is 5. The number of nitrogens with zero attached hydrogens (tertiary/aromatic N) is 5. The molecular weight excluding hydrogens is 408 g/mol. The monoisotopic (exact) mass is 436 g/mol. The highest BCUT2D eigenvalue weighted by atomic mass is 16.5. The van der Waals surface area contributed by atoms with Gasteiger partial charge in [0.2, 0.25) is 5.82 Å². The van der Waals surface area contributed by atoms with E-state index in [1.807, 2.05) is 46.8 Å². The van der Waals surface area contributed by atoms with E-state index in [9.17, 15) is 9.59 Å². The van der Waals surface area contributed by atoms with Crippen molar-refractivity contribution in [3.63, 3.8) is 0 Å². The molecule has 3 aromatic rings. The number of aromatic amines is 1. The van der Waals surface area contributed by atoms with Crippen LogP contribution in [0.5, 0.6) is 5.75 Å². The third-order valence-corrected chi connectivity index (χ3v) is 5.73. The van der Waals surface area contributed by atoms with Crippen molar-refractivity contribution < 1.29 is 9.53 Å². The highest BCUT2D eigenvalue weighted by molar-refractivity contribution is 6.00. The summed E-state index contributed by atoms with van der Waals surface area (Å²) in [5.74, 6) is 0.965. The van der Waals surface area contributed by atoms with Gasteiger partial charge in [0, 0.05) is 28.9 Å². The number of H-pyrrole nitrogens is 1. The Morgan fingerprint density at radius 2 is 1.94 bits per heavy atom. The molecule has 4 rings (SSSR count). The van der Waals surface area contributed by atoms with Crippen molar-refractivity contribution in [3.8, 4) is 17.1 Å². The lowest BCUT2D eigenvalue weighted by atomic mass is 9.89. The van der Waals surface area contributed by atoms with Crippen LogP contribution in [0.1, 0.15) is 52.2 Å². The molecule has 1 N–H and O–H groups in total. The van der Waals surface area contributed by atoms with E-state index in [1.54, 1.807) is 11.9 Å². The van der Waals surface area contributed by atoms with E-state index in [-0.39, 0.29) is 24.1 Å². The summed E-state index contributed by atoms with van der Waals surface area (Å²) in [6.45, 7) is 10.3. The fourth-order valence-corrected chi connectivity index (χ4v) is 4.25. The predicted molar refractivity (Wildman–Crippen MR) is 120 cm³/mol. The Kier molecular flexibility index (Phi) is 5.58. The molecule has 0 saturated heterocycles. The molecule has 0 saturated carbocycles. The molecule has 2 aromatic heterocycles. The number of pyridine rings is 1. The first kappa shape index (κ1) is 21.7. The maximum atomic E-state index is 13.7. The summed E-state index contributed by atoms with van der Waals surface area (Å²) < 4.78 is 6.02. The van der Waals surface area contributed by atoms with Crippen molar-refractivity contribution in [3.05, 3.63) is 56.0 Å². The molecule has 9 nitrogen and oxygen atoms in total. The van der Waals surface area contributed by atoms with Crippen LogP contribution in [0.3, 0.4) is 0 Å². The van der Waals surface area contributed by atoms with E-state index in [0.29, 0.717) is 35.7 Å². The van der Waals surface area contributed by atoms with E-state index in [4.69, 9.17) is 4.74 Å². The van der Waals surface area contributed by atoms with E-state index >= 15 is 0 Å². The number of nitrogens with one attached hydrogen (secondary N) is 1. The smallest absolute Gasteiger partial charge is 0.254 e. The zero-order valence-corrected chi connectivity index (χ0v) is 19.3. The summed E-state index contributed by atoms with van der Waals surface area (Å²) in [7, 11) is 1.71. The second-order valence-electron chi connectivity index (χ2n) is 8.59. The minimum absolute atomic E-state index is 0.0574. The number of ether oxygens (including phenoxy) is 1. The van der Waals surface area contributed by atoms with Crippen LogP contribution >= 0.6 is 0 Å². The third kappa shape index (κ3) is 3.90. The van der Waals surface area contributed by atoms with E-state index in [2.05, 4.69) is 20.4 Å². The van der Waals surface area contributed by atoms with Gasteiger partial charge in [0.25, 0.3) is 11.5 Å². The van der Waals surface area contributed by atoms with E-state index in [0.717, 1.165) is 27.9 Å². The quantitative estimate of drug-likeness (QED) is 0.659. The van der Waals surface area contributed by atoms with Gasteiger partial charge in [-0.05, 0) is 69.5 Å². The molecule has 0 aliphatic carbocycles. The number of carbonyl (C=O) groups is 1. The van der Waals surface area contributed by atoms with Crippen LogP contribution in [0, 0.1) is 20.8 Å². The van der Waals surface area contributed by atoms with Crippen LogP contribution in [-0.4, -0.2) is 48.6 Å². The number of aromatic nitrogens is 5. The average Bonchev–Trinajstić information content (AvgIpc) is 3.13. The van der Waals surface area contributed by atoms with Gasteiger partial charge in [-0.1, -0.05) is 0 Å². The first-order chi connectivity index (χ1) is 15.2. The molecule has 9 heteroatoms. The number of tetrazole rings is 1. The highest BCUT2D eigenvalue weighted by Gasteiger charge is 2.32. The van der Waals surface area contributed by atoms with Crippen molar-refractivity contribution in [2.75, 3.05) is 6.54 Å². The minimum atomic E-state index is -0.154. The number of hydrogen-bond acceptors (Lipinski definition) is 6. The van der Waals surface area contributed by atoms with Crippen LogP contribution in [-0.2, 0) is 20.0 Å². The largest absolute Gasteiger partial charge is 0.491 e. The topological polar surface area (TPSA) is 106 Å². The zero-order valence-electron chi connectivity index (χ0n) is 19.3. The summed E-state index contributed by atoms with van der Waals surface area (Å²) in [5, 5.41) is 12.5. The fraction of sp³-hybridized carbons (Fsp3) is 0.435. The SMILES string of the molecule is Cc1cc(C)c(CN2CCc3c(-c4nnn(C)n4)cc(OC(C)C)c(C)c3C2=O)c(=O)[nH]1. The number of benzene rings is 1. The molecule has 3 heterocycles. The zero-order chi connectivity index (χ0) is 23.2. The third-order valence-electron chi connectivity index (χ3n) is 5.73. The maximum Gasteiger partial charge on any atom is 0.254 e. The Bertz CT molecular complexity index is 1260. The molecule has 32 heavy (non-hydrogen) atoms. The van der Waals surface area contributed by atoms with Crippen LogP contribution in [0.4, 0.5) is 0 Å². The lowest BCUT2D eigenvalue weighted by Crippen LogP contribution is -2.39. The lowest BCUT2D eigenvalue weighted by Gasteiger charge is -2.31. The van der Waals surface area contributed by atoms with Crippen molar-refractivity contribution in [1.29, 1.82) is 0 Å². The van der Waals surface area contributed by atoms with Crippen molar-refractivity contribution in [2.45, 2.75) is 53.7 Å². The standard InChI is InChI=1S/C23H28N6O3/c1-12(2)32-19-10-17(21-25-27-28(6)26-21)16-7-8-29(23(31)20(16)15(19)5)11-18-13(3)9-14(4)24-22(18)30/h9-10,12H,7-8,11H2,1-6H3,(H,24,30). The highest BCUT2D eigenvalue weighted by Crippen LogP contribution is 2.37. The molecule has 0 radical (unpaired) electrons. The van der Waals surface area contributed by atoms with Gasteiger partial charge < -0.3 is 14.6 Å². The Balaban J connectivity index is 1.80. The van der Waals surface area contributed by atoms with Gasteiger partial charge in [0.05, 0.1) is 25.3 Å². The van der Waals surface area contributed by atoms with E-state index in [1.165, 1.54) is 4.80 Å². The molecular formula is C23H28N6O3. The molecule has 0 bridgehead atoms. The molecule has 0 unspecified atom stereocenters. The van der Waals surface area contributed by atoms with Crippen molar-refractivity contribution >= 4 is 5.91 Å². The van der Waals surface area contributed by atoms with Crippen LogP contribution in [0.25, 0.3) is 11.4 Å². The first-order valence-electron chi connectivity index (χ1n) is 10.7. The van der Waals surface area contributed by atoms with Crippen molar-refractivity contribution in [1.82, 2.24) is 30.1 Å². The summed E-state index contributed by atoms with van der Waals surface area (Å²) in [4.78, 5) is 32.2. The Morgan fingerprint density at radius 3 is 2.56 bits per heavy atom. The average molecular weight is 437 g/mol. The van der Waals surface area contributed by atoms with E-state index < -0.39 is 0 Å². The summed E-state index contributed by atoms with van der Waals surface area (Å²) >= 11 is 0. The summed E-state index contributed by atoms with van der Waals surface area (Å²) in [6, 6.07) is 3.83. The molecule has 1 amide bonds. The van der Waals surface area contributed by atoms with Crippen LogP contribution in [0.2, 0.25) is 0 Å². The first-order valence-corrected chi connectivity index (χ1v) is 10.7. The van der Waals surface area contributed by atoms with Crippen molar-refractivity contribution in [2.24, 2.45) is 7.05 Å². The van der Waals surface area contributed by atoms with Gasteiger partial charge in [0.1, 0.15) is 5.75 Å². The number of hydrogen-bond donors (Lipinski definition) is 1. The Hall–Kier alpha value is -3.49. The maximum absolute atomic E-state index is 13.7. The molecule has 0 fully saturated rings. The Morgan fingerprint density at radius 1 is 1.19 bits per heavy atom. The number of carbonyl (C=O) groups excluding carboxylic acids is 1. The van der Waals surface area contributed by atoms with Gasteiger partial charge in [-0.3, -0.25) is 9.59 Å². The summed E-state index contributed by atoms with van der Waals surface area (Å²) in [6.07, 6.45) is 0.568. The number of fused-ring (bicyclic) bond motifs is 1. The normalized spacial score (nSPS) is 13.6. The van der Waals surface area contributed by atoms with Gasteiger partial charge in [-0.2, -0.15) is 4.80 Å². The van der Waals surface area contributed by atoms with Gasteiger partial charge in [-0.25, -0.2) is 0 Å². The molecule has 168 valence electrons. The van der Waals surface area contributed by atoms with Gasteiger partial charge in [-0.15, -0.1) is 10.2 Å². The van der Waals surface area contributed by atoms with Crippen LogP contribution < -0.4 is 10.3 Å². The number of amides is 1. The second kappa shape index (κ2) is 8.22. The molecule has 1 aromatic carbocycles. The van der Waals surface area contributed by atoms with Crippen LogP contribution in [0.15, 0.2) is 16.9 Å². The lowest BCUT2D eigenvalue weighted by molar-refractivity contribution is 0.0724. The van der Waals surface area contributed by atoms with Gasteiger partial charge >= 0.3 is 0 Å².